The maximum atomic E-state index is 11.9. The maximum Gasteiger partial charge on any atom is 0.288 e. The molecule has 0 aliphatic carbocycles. The minimum Gasteiger partial charge on any atom is -0.352 e. The lowest BCUT2D eigenvalue weighted by Gasteiger charge is -2.06. The number of hydrogen-bond acceptors (Lipinski definition) is 4. The van der Waals surface area contributed by atoms with Crippen LogP contribution in [-0.4, -0.2) is 27.2 Å². The highest BCUT2D eigenvalue weighted by molar-refractivity contribution is 9.10. The van der Waals surface area contributed by atoms with Crippen LogP contribution in [0.4, 0.5) is 5.69 Å². The normalized spacial score (nSPS) is 10.5. The Bertz CT molecular complexity index is 704. The Morgan fingerprint density at radius 1 is 1.50 bits per heavy atom. The number of nitrogens with one attached hydrogen (secondary N) is 1. The zero-order chi connectivity index (χ0) is 16.1. The second-order valence-electron chi connectivity index (χ2n) is 4.45. The molecule has 0 saturated heterocycles. The van der Waals surface area contributed by atoms with Crippen LogP contribution in [0.1, 0.15) is 16.8 Å². The highest BCUT2D eigenvalue weighted by atomic mass is 79.9. The minimum absolute atomic E-state index is 0.00538. The molecule has 116 valence electrons. The molecule has 0 atom stereocenters. The van der Waals surface area contributed by atoms with Crippen molar-refractivity contribution in [3.8, 4) is 0 Å². The molecule has 1 aromatic heterocycles. The highest BCUT2D eigenvalue weighted by Crippen LogP contribution is 2.24. The van der Waals surface area contributed by atoms with Gasteiger partial charge in [-0.05, 0) is 34.5 Å². The first-order chi connectivity index (χ1) is 10.5. The SMILES string of the molecule is O=C(NCCCn1cc(Br)cn1)c1ccc(Cl)c([N+](=O)[O-])c1. The number of nitrogens with zero attached hydrogens (tertiary/aromatic N) is 3. The second-order valence-corrected chi connectivity index (χ2v) is 5.78. The van der Waals surface area contributed by atoms with Crippen molar-refractivity contribution < 1.29 is 9.72 Å². The van der Waals surface area contributed by atoms with Gasteiger partial charge in [0, 0.05) is 30.9 Å². The summed E-state index contributed by atoms with van der Waals surface area (Å²) < 4.78 is 2.65. The van der Waals surface area contributed by atoms with Gasteiger partial charge in [0.25, 0.3) is 11.6 Å². The fourth-order valence-corrected chi connectivity index (χ4v) is 2.31. The van der Waals surface area contributed by atoms with E-state index in [2.05, 4.69) is 26.3 Å². The molecule has 0 spiro atoms. The molecule has 1 N–H and O–H groups in total. The van der Waals surface area contributed by atoms with Crippen molar-refractivity contribution in [2.24, 2.45) is 0 Å². The lowest BCUT2D eigenvalue weighted by Crippen LogP contribution is -2.25. The molecule has 2 aromatic rings. The third-order valence-electron chi connectivity index (χ3n) is 2.86. The number of carbonyl (C=O) groups is 1. The van der Waals surface area contributed by atoms with Crippen LogP contribution in [0.3, 0.4) is 0 Å². The average molecular weight is 388 g/mol. The van der Waals surface area contributed by atoms with Crippen molar-refractivity contribution in [3.63, 3.8) is 0 Å². The number of carbonyl (C=O) groups excluding carboxylic acids is 1. The van der Waals surface area contributed by atoms with E-state index in [9.17, 15) is 14.9 Å². The van der Waals surface area contributed by atoms with Gasteiger partial charge < -0.3 is 5.32 Å². The summed E-state index contributed by atoms with van der Waals surface area (Å²) in [5.74, 6) is -0.374. The number of rotatable bonds is 6. The monoisotopic (exact) mass is 386 g/mol. The largest absolute Gasteiger partial charge is 0.352 e. The summed E-state index contributed by atoms with van der Waals surface area (Å²) in [6, 6.07) is 3.97. The van der Waals surface area contributed by atoms with Gasteiger partial charge in [0.1, 0.15) is 5.02 Å². The van der Waals surface area contributed by atoms with E-state index in [4.69, 9.17) is 11.6 Å². The number of nitro groups is 1. The van der Waals surface area contributed by atoms with Crippen molar-refractivity contribution in [3.05, 3.63) is 55.8 Å². The predicted octanol–water partition coefficient (Wildman–Crippen LogP) is 3.03. The standard InChI is InChI=1S/C13H12BrClN4O3/c14-10-7-17-18(8-10)5-1-4-16-13(20)9-2-3-11(15)12(6-9)19(21)22/h2-3,6-8H,1,4-5H2,(H,16,20). The lowest BCUT2D eigenvalue weighted by atomic mass is 10.2. The summed E-state index contributed by atoms with van der Waals surface area (Å²) in [6.45, 7) is 1.10. The molecule has 22 heavy (non-hydrogen) atoms. The van der Waals surface area contributed by atoms with Gasteiger partial charge in [-0.2, -0.15) is 5.10 Å². The van der Waals surface area contributed by atoms with Crippen LogP contribution in [-0.2, 0) is 6.54 Å². The molecule has 1 amide bonds. The smallest absolute Gasteiger partial charge is 0.288 e. The molecule has 0 bridgehead atoms. The Morgan fingerprint density at radius 2 is 2.27 bits per heavy atom. The number of aromatic nitrogens is 2. The van der Waals surface area contributed by atoms with Crippen molar-refractivity contribution in [2.75, 3.05) is 6.54 Å². The molecule has 9 heteroatoms. The van der Waals surface area contributed by atoms with Crippen molar-refractivity contribution >= 4 is 39.1 Å². The van der Waals surface area contributed by atoms with Crippen LogP contribution < -0.4 is 5.32 Å². The Kier molecular flexibility index (Phi) is 5.51. The lowest BCUT2D eigenvalue weighted by molar-refractivity contribution is -0.384. The Hall–Kier alpha value is -1.93. The van der Waals surface area contributed by atoms with E-state index in [0.29, 0.717) is 19.5 Å². The fourth-order valence-electron chi connectivity index (χ4n) is 1.80. The molecule has 0 saturated carbocycles. The van der Waals surface area contributed by atoms with Crippen LogP contribution in [0.2, 0.25) is 5.02 Å². The van der Waals surface area contributed by atoms with Gasteiger partial charge in [0.05, 0.1) is 15.6 Å². The number of amides is 1. The summed E-state index contributed by atoms with van der Waals surface area (Å²) >= 11 is 9.01. The summed E-state index contributed by atoms with van der Waals surface area (Å²) in [5, 5.41) is 17.6. The van der Waals surface area contributed by atoms with E-state index in [0.717, 1.165) is 4.47 Å². The number of halogens is 2. The molecule has 0 aliphatic heterocycles. The second kappa shape index (κ2) is 7.37. The first-order valence-corrected chi connectivity index (χ1v) is 7.54. The molecular weight excluding hydrogens is 376 g/mol. The third kappa shape index (κ3) is 4.28. The van der Waals surface area contributed by atoms with Gasteiger partial charge in [-0.25, -0.2) is 0 Å². The van der Waals surface area contributed by atoms with Gasteiger partial charge in [0.2, 0.25) is 0 Å². The zero-order valence-corrected chi connectivity index (χ0v) is 13.7. The van der Waals surface area contributed by atoms with Gasteiger partial charge in [-0.1, -0.05) is 11.6 Å². The molecule has 0 unspecified atom stereocenters. The van der Waals surface area contributed by atoms with E-state index < -0.39 is 4.92 Å². The van der Waals surface area contributed by atoms with Crippen LogP contribution in [0.25, 0.3) is 0 Å². The number of benzene rings is 1. The van der Waals surface area contributed by atoms with Crippen molar-refractivity contribution in [1.82, 2.24) is 15.1 Å². The Morgan fingerprint density at radius 3 is 2.91 bits per heavy atom. The number of aryl methyl sites for hydroxylation is 1. The minimum atomic E-state index is -0.616. The number of nitro benzene ring substituents is 1. The number of hydrogen-bond donors (Lipinski definition) is 1. The summed E-state index contributed by atoms with van der Waals surface area (Å²) in [4.78, 5) is 22.1. The van der Waals surface area contributed by atoms with E-state index in [-0.39, 0.29) is 22.2 Å². The van der Waals surface area contributed by atoms with Gasteiger partial charge in [-0.15, -0.1) is 0 Å². The van der Waals surface area contributed by atoms with Gasteiger partial charge in [-0.3, -0.25) is 19.6 Å². The van der Waals surface area contributed by atoms with Gasteiger partial charge >= 0.3 is 0 Å². The molecular formula is C13H12BrClN4O3. The summed E-state index contributed by atoms with van der Waals surface area (Å²) in [7, 11) is 0. The van der Waals surface area contributed by atoms with Crippen LogP contribution >= 0.6 is 27.5 Å². The first kappa shape index (κ1) is 16.4. The van der Waals surface area contributed by atoms with E-state index >= 15 is 0 Å². The summed E-state index contributed by atoms with van der Waals surface area (Å²) in [5.41, 5.74) is -0.0753. The zero-order valence-electron chi connectivity index (χ0n) is 11.3. The van der Waals surface area contributed by atoms with E-state index in [1.165, 1.54) is 18.2 Å². The predicted molar refractivity (Wildman–Crippen MR) is 85.0 cm³/mol. The van der Waals surface area contributed by atoms with E-state index in [1.807, 2.05) is 6.20 Å². The molecule has 2 rings (SSSR count). The van der Waals surface area contributed by atoms with Gasteiger partial charge in [0.15, 0.2) is 0 Å². The molecule has 7 nitrogen and oxygen atoms in total. The highest BCUT2D eigenvalue weighted by Gasteiger charge is 2.15. The van der Waals surface area contributed by atoms with Crippen LogP contribution in [0.15, 0.2) is 35.1 Å². The molecule has 1 heterocycles. The molecule has 0 aliphatic rings. The average Bonchev–Trinajstić information content (AvgIpc) is 2.89. The maximum absolute atomic E-state index is 11.9. The Labute approximate surface area is 139 Å². The summed E-state index contributed by atoms with van der Waals surface area (Å²) in [6.07, 6.45) is 4.21. The Balaban J connectivity index is 1.87. The fraction of sp³-hybridized carbons (Fsp3) is 0.231. The molecule has 0 fully saturated rings. The third-order valence-corrected chi connectivity index (χ3v) is 3.59. The topological polar surface area (TPSA) is 90.1 Å². The molecule has 1 aromatic carbocycles. The van der Waals surface area contributed by atoms with Crippen LogP contribution in [0.5, 0.6) is 0 Å². The first-order valence-electron chi connectivity index (χ1n) is 6.37. The van der Waals surface area contributed by atoms with Crippen molar-refractivity contribution in [2.45, 2.75) is 13.0 Å². The molecule has 0 radical (unpaired) electrons. The quantitative estimate of drug-likeness (QED) is 0.468. The van der Waals surface area contributed by atoms with Crippen molar-refractivity contribution in [1.29, 1.82) is 0 Å². The van der Waals surface area contributed by atoms with E-state index in [1.54, 1.807) is 10.9 Å². The van der Waals surface area contributed by atoms with Crippen LogP contribution in [0, 0.1) is 10.1 Å².